The standard InChI is InChI=1S/C25H31N3O4/c1-15-11-21(17(3)28(15)16(2)14-32-5)22(29)13-27-23(30)25(4,26-24(27)31)20-10-9-18-7-6-8-19(18)12-20/h9-12,16H,6-8,13-14H2,1-5H3,(H,26,31)/t16-,25-/m0/s1. The third kappa shape index (κ3) is 3.54. The molecule has 7 heteroatoms. The third-order valence-corrected chi connectivity index (χ3v) is 6.89. The van der Waals surface area contributed by atoms with E-state index in [1.54, 1.807) is 14.0 Å². The van der Waals surface area contributed by atoms with Crippen LogP contribution in [-0.4, -0.2) is 47.4 Å². The number of urea groups is 1. The number of hydrogen-bond acceptors (Lipinski definition) is 4. The minimum Gasteiger partial charge on any atom is -0.383 e. The highest BCUT2D eigenvalue weighted by Gasteiger charge is 2.49. The average molecular weight is 438 g/mol. The predicted molar refractivity (Wildman–Crippen MR) is 121 cm³/mol. The quantitative estimate of drug-likeness (QED) is 0.531. The number of fused-ring (bicyclic) bond motifs is 1. The summed E-state index contributed by atoms with van der Waals surface area (Å²) in [6.07, 6.45) is 3.15. The Balaban J connectivity index is 1.57. The summed E-state index contributed by atoms with van der Waals surface area (Å²) in [5, 5.41) is 2.82. The molecule has 2 aromatic rings. The van der Waals surface area contributed by atoms with Gasteiger partial charge in [0.05, 0.1) is 19.2 Å². The molecule has 0 unspecified atom stereocenters. The molecule has 1 fully saturated rings. The Morgan fingerprint density at radius 3 is 2.62 bits per heavy atom. The molecular formula is C25H31N3O4. The normalized spacial score (nSPS) is 21.1. The smallest absolute Gasteiger partial charge is 0.325 e. The lowest BCUT2D eigenvalue weighted by Gasteiger charge is -2.23. The molecule has 2 atom stereocenters. The second kappa shape index (κ2) is 8.20. The number of nitrogens with zero attached hydrogens (tertiary/aromatic N) is 2. The summed E-state index contributed by atoms with van der Waals surface area (Å²) in [6, 6.07) is 7.35. The van der Waals surface area contributed by atoms with E-state index in [2.05, 4.69) is 9.88 Å². The first kappa shape index (κ1) is 22.3. The fraction of sp³-hybridized carbons (Fsp3) is 0.480. The molecule has 7 nitrogen and oxygen atoms in total. The van der Waals surface area contributed by atoms with Gasteiger partial charge in [-0.15, -0.1) is 0 Å². The summed E-state index contributed by atoms with van der Waals surface area (Å²) in [7, 11) is 1.65. The molecule has 0 radical (unpaired) electrons. The molecule has 1 saturated heterocycles. The molecule has 1 aliphatic heterocycles. The van der Waals surface area contributed by atoms with Gasteiger partial charge in [-0.05, 0) is 69.7 Å². The summed E-state index contributed by atoms with van der Waals surface area (Å²) in [5.74, 6) is -0.647. The highest BCUT2D eigenvalue weighted by Crippen LogP contribution is 2.33. The number of rotatable bonds is 7. The van der Waals surface area contributed by atoms with Crippen molar-refractivity contribution in [2.75, 3.05) is 20.3 Å². The van der Waals surface area contributed by atoms with Crippen LogP contribution in [0, 0.1) is 13.8 Å². The van der Waals surface area contributed by atoms with E-state index in [4.69, 9.17) is 4.74 Å². The molecule has 1 N–H and O–H groups in total. The monoisotopic (exact) mass is 437 g/mol. The molecule has 2 aliphatic rings. The van der Waals surface area contributed by atoms with E-state index in [1.807, 2.05) is 45.0 Å². The number of carbonyl (C=O) groups excluding carboxylic acids is 3. The number of hydrogen-bond donors (Lipinski definition) is 1. The first-order chi connectivity index (χ1) is 15.2. The number of nitrogens with one attached hydrogen (secondary N) is 1. The number of methoxy groups -OCH3 is 1. The van der Waals surface area contributed by atoms with Crippen LogP contribution in [0.2, 0.25) is 0 Å². The molecule has 4 rings (SSSR count). The number of imide groups is 1. The molecule has 2 heterocycles. The number of Topliss-reactive ketones (excluding diaryl/α,β-unsaturated/α-hetero) is 1. The first-order valence-corrected chi connectivity index (χ1v) is 11.1. The Kier molecular flexibility index (Phi) is 5.71. The van der Waals surface area contributed by atoms with Crippen LogP contribution in [0.25, 0.3) is 0 Å². The van der Waals surface area contributed by atoms with Gasteiger partial charge in [-0.1, -0.05) is 18.2 Å². The second-order valence-corrected chi connectivity index (χ2v) is 9.17. The van der Waals surface area contributed by atoms with Gasteiger partial charge >= 0.3 is 6.03 Å². The van der Waals surface area contributed by atoms with Gasteiger partial charge in [-0.3, -0.25) is 14.5 Å². The lowest BCUT2D eigenvalue weighted by Crippen LogP contribution is -2.41. The zero-order valence-corrected chi connectivity index (χ0v) is 19.4. The van der Waals surface area contributed by atoms with Crippen molar-refractivity contribution in [3.8, 4) is 0 Å². The summed E-state index contributed by atoms with van der Waals surface area (Å²) >= 11 is 0. The number of ketones is 1. The van der Waals surface area contributed by atoms with Crippen molar-refractivity contribution in [3.63, 3.8) is 0 Å². The number of aryl methyl sites for hydroxylation is 3. The van der Waals surface area contributed by atoms with Crippen LogP contribution >= 0.6 is 0 Å². The molecule has 3 amide bonds. The van der Waals surface area contributed by atoms with E-state index in [1.165, 1.54) is 11.1 Å². The highest BCUT2D eigenvalue weighted by atomic mass is 16.5. The second-order valence-electron chi connectivity index (χ2n) is 9.17. The average Bonchev–Trinajstić information content (AvgIpc) is 3.39. The minimum atomic E-state index is -1.17. The van der Waals surface area contributed by atoms with E-state index in [-0.39, 0.29) is 18.4 Å². The van der Waals surface area contributed by atoms with Gasteiger partial charge in [0.2, 0.25) is 0 Å². The molecule has 1 aliphatic carbocycles. The van der Waals surface area contributed by atoms with E-state index in [0.29, 0.717) is 12.2 Å². The fourth-order valence-corrected chi connectivity index (χ4v) is 5.20. The van der Waals surface area contributed by atoms with Crippen LogP contribution in [-0.2, 0) is 27.9 Å². The third-order valence-electron chi connectivity index (χ3n) is 6.89. The van der Waals surface area contributed by atoms with E-state index < -0.39 is 17.5 Å². The Morgan fingerprint density at radius 2 is 1.91 bits per heavy atom. The zero-order chi connectivity index (χ0) is 23.2. The lowest BCUT2D eigenvalue weighted by molar-refractivity contribution is -0.130. The predicted octanol–water partition coefficient (Wildman–Crippen LogP) is 3.45. The van der Waals surface area contributed by atoms with Gasteiger partial charge in [-0.25, -0.2) is 4.79 Å². The molecule has 0 saturated carbocycles. The maximum atomic E-state index is 13.3. The summed E-state index contributed by atoms with van der Waals surface area (Å²) < 4.78 is 7.31. The number of carbonyl (C=O) groups is 3. The van der Waals surface area contributed by atoms with Crippen LogP contribution < -0.4 is 5.32 Å². The molecular weight excluding hydrogens is 406 g/mol. The number of ether oxygens (including phenoxy) is 1. The Morgan fingerprint density at radius 1 is 1.19 bits per heavy atom. The van der Waals surface area contributed by atoms with Gasteiger partial charge in [0, 0.05) is 24.1 Å². The van der Waals surface area contributed by atoms with E-state index in [0.717, 1.165) is 41.1 Å². The van der Waals surface area contributed by atoms with Gasteiger partial charge in [0.15, 0.2) is 5.78 Å². The highest BCUT2D eigenvalue weighted by molar-refractivity contribution is 6.11. The summed E-state index contributed by atoms with van der Waals surface area (Å²) in [4.78, 5) is 40.3. The molecule has 32 heavy (non-hydrogen) atoms. The van der Waals surface area contributed by atoms with Crippen LogP contribution in [0.15, 0.2) is 24.3 Å². The van der Waals surface area contributed by atoms with E-state index >= 15 is 0 Å². The largest absolute Gasteiger partial charge is 0.383 e. The fourth-order valence-electron chi connectivity index (χ4n) is 5.20. The van der Waals surface area contributed by atoms with Crippen molar-refractivity contribution >= 4 is 17.7 Å². The zero-order valence-electron chi connectivity index (χ0n) is 19.4. The van der Waals surface area contributed by atoms with Crippen molar-refractivity contribution in [3.05, 3.63) is 57.9 Å². The minimum absolute atomic E-state index is 0.0707. The van der Waals surface area contributed by atoms with Crippen molar-refractivity contribution in [1.29, 1.82) is 0 Å². The maximum absolute atomic E-state index is 13.3. The number of aromatic nitrogens is 1. The van der Waals surface area contributed by atoms with Crippen molar-refractivity contribution in [2.45, 2.75) is 58.5 Å². The number of amides is 3. The van der Waals surface area contributed by atoms with Crippen LogP contribution in [0.5, 0.6) is 0 Å². The summed E-state index contributed by atoms with van der Waals surface area (Å²) in [5.41, 5.74) is 4.41. The molecule has 0 bridgehead atoms. The Labute approximate surface area is 188 Å². The lowest BCUT2D eigenvalue weighted by atomic mass is 9.89. The molecule has 0 spiro atoms. The topological polar surface area (TPSA) is 80.6 Å². The van der Waals surface area contributed by atoms with Gasteiger partial charge in [-0.2, -0.15) is 0 Å². The Hall–Kier alpha value is -2.93. The molecule has 1 aromatic heterocycles. The van der Waals surface area contributed by atoms with Crippen LogP contribution in [0.3, 0.4) is 0 Å². The van der Waals surface area contributed by atoms with Gasteiger partial charge in [0.1, 0.15) is 5.54 Å². The van der Waals surface area contributed by atoms with Crippen LogP contribution in [0.4, 0.5) is 4.79 Å². The van der Waals surface area contributed by atoms with E-state index in [9.17, 15) is 14.4 Å². The first-order valence-electron chi connectivity index (χ1n) is 11.1. The Bertz CT molecular complexity index is 1100. The maximum Gasteiger partial charge on any atom is 0.325 e. The van der Waals surface area contributed by atoms with Gasteiger partial charge < -0.3 is 14.6 Å². The summed E-state index contributed by atoms with van der Waals surface area (Å²) in [6.45, 7) is 7.80. The van der Waals surface area contributed by atoms with Gasteiger partial charge in [0.25, 0.3) is 5.91 Å². The number of benzene rings is 1. The van der Waals surface area contributed by atoms with Crippen molar-refractivity contribution < 1.29 is 19.1 Å². The van der Waals surface area contributed by atoms with Crippen LogP contribution in [0.1, 0.15) is 64.7 Å². The van der Waals surface area contributed by atoms with Crippen molar-refractivity contribution in [1.82, 2.24) is 14.8 Å². The van der Waals surface area contributed by atoms with Crippen molar-refractivity contribution in [2.24, 2.45) is 0 Å². The molecule has 170 valence electrons. The molecule has 1 aromatic carbocycles. The SMILES string of the molecule is COC[C@H](C)n1c(C)cc(C(=O)CN2C(=O)N[C@@](C)(c3ccc4c(c3)CCC4)C2=O)c1C.